The Labute approximate surface area is 158 Å². The predicted molar refractivity (Wildman–Crippen MR) is 107 cm³/mol. The van der Waals surface area contributed by atoms with Crippen LogP contribution in [0.1, 0.15) is 37.8 Å². The minimum absolute atomic E-state index is 0.741. The number of piperidine rings is 1. The molecule has 5 nitrogen and oxygen atoms in total. The van der Waals surface area contributed by atoms with Crippen molar-refractivity contribution in [1.29, 1.82) is 0 Å². The predicted octanol–water partition coefficient (Wildman–Crippen LogP) is 2.72. The van der Waals surface area contributed by atoms with E-state index in [1.807, 2.05) is 0 Å². The normalized spacial score (nSPS) is 20.4. The summed E-state index contributed by atoms with van der Waals surface area (Å²) in [4.78, 5) is 9.80. The Kier molecular flexibility index (Phi) is 7.32. The summed E-state index contributed by atoms with van der Waals surface area (Å²) in [6, 6.07) is 8.88. The highest BCUT2D eigenvalue weighted by atomic mass is 16.5. The number of nitrogens with one attached hydrogen (secondary N) is 1. The van der Waals surface area contributed by atoms with Crippen LogP contribution in [0.5, 0.6) is 0 Å². The van der Waals surface area contributed by atoms with E-state index in [0.717, 1.165) is 70.9 Å². The Morgan fingerprint density at radius 1 is 1.15 bits per heavy atom. The van der Waals surface area contributed by atoms with E-state index < -0.39 is 0 Å². The molecule has 0 bridgehead atoms. The van der Waals surface area contributed by atoms with Crippen molar-refractivity contribution in [2.75, 3.05) is 45.9 Å². The lowest BCUT2D eigenvalue weighted by molar-refractivity contribution is 0.0342. The second-order valence-corrected chi connectivity index (χ2v) is 7.55. The number of aliphatic imine (C=N–C) groups is 1. The highest BCUT2D eigenvalue weighted by Gasteiger charge is 2.18. The van der Waals surface area contributed by atoms with Crippen molar-refractivity contribution in [3.63, 3.8) is 0 Å². The molecule has 26 heavy (non-hydrogen) atoms. The Morgan fingerprint density at radius 2 is 1.88 bits per heavy atom. The third-order valence-corrected chi connectivity index (χ3v) is 5.33. The number of ether oxygens (including phenoxy) is 1. The maximum atomic E-state index is 5.44. The van der Waals surface area contributed by atoms with Crippen LogP contribution in [0.2, 0.25) is 0 Å². The van der Waals surface area contributed by atoms with E-state index in [0.29, 0.717) is 0 Å². The summed E-state index contributed by atoms with van der Waals surface area (Å²) in [5.41, 5.74) is 2.66. The summed E-state index contributed by atoms with van der Waals surface area (Å²) in [7, 11) is 0. The van der Waals surface area contributed by atoms with Crippen LogP contribution in [0.25, 0.3) is 0 Å². The molecule has 2 saturated heterocycles. The first-order valence-corrected chi connectivity index (χ1v) is 10.2. The minimum Gasteiger partial charge on any atom is -0.379 e. The molecule has 0 amide bonds. The largest absolute Gasteiger partial charge is 0.379 e. The molecule has 2 fully saturated rings. The topological polar surface area (TPSA) is 40.1 Å². The molecule has 0 aliphatic carbocycles. The first kappa shape index (κ1) is 19.2. The molecule has 1 aromatic rings. The van der Waals surface area contributed by atoms with Crippen LogP contribution >= 0.6 is 0 Å². The van der Waals surface area contributed by atoms with Crippen LogP contribution in [0, 0.1) is 5.92 Å². The van der Waals surface area contributed by atoms with E-state index in [9.17, 15) is 0 Å². The van der Waals surface area contributed by atoms with Crippen LogP contribution in [0.3, 0.4) is 0 Å². The molecular formula is C21H34N4O. The zero-order valence-electron chi connectivity index (χ0n) is 16.4. The Balaban J connectivity index is 1.60. The van der Waals surface area contributed by atoms with Gasteiger partial charge in [-0.05, 0) is 36.8 Å². The van der Waals surface area contributed by atoms with E-state index >= 15 is 0 Å². The summed E-state index contributed by atoms with van der Waals surface area (Å²) < 4.78 is 5.44. The van der Waals surface area contributed by atoms with Crippen LogP contribution < -0.4 is 5.32 Å². The summed E-state index contributed by atoms with van der Waals surface area (Å²) in [5.74, 6) is 1.91. The van der Waals surface area contributed by atoms with Crippen molar-refractivity contribution in [1.82, 2.24) is 15.1 Å². The van der Waals surface area contributed by atoms with E-state index in [2.05, 4.69) is 53.2 Å². The molecular weight excluding hydrogens is 324 g/mol. The Bertz CT molecular complexity index is 575. The second-order valence-electron chi connectivity index (χ2n) is 7.55. The molecule has 0 saturated carbocycles. The molecule has 0 radical (unpaired) electrons. The van der Waals surface area contributed by atoms with Crippen molar-refractivity contribution in [2.24, 2.45) is 10.9 Å². The van der Waals surface area contributed by atoms with Gasteiger partial charge < -0.3 is 15.0 Å². The molecule has 5 heteroatoms. The van der Waals surface area contributed by atoms with E-state index in [-0.39, 0.29) is 0 Å². The monoisotopic (exact) mass is 358 g/mol. The molecule has 0 aromatic heterocycles. The fourth-order valence-electron chi connectivity index (χ4n) is 3.66. The highest BCUT2D eigenvalue weighted by Crippen LogP contribution is 2.16. The summed E-state index contributed by atoms with van der Waals surface area (Å²) >= 11 is 0. The van der Waals surface area contributed by atoms with Crippen LogP contribution in [0.4, 0.5) is 0 Å². The van der Waals surface area contributed by atoms with Gasteiger partial charge in [-0.2, -0.15) is 0 Å². The molecule has 2 heterocycles. The molecule has 3 rings (SSSR count). The van der Waals surface area contributed by atoms with Gasteiger partial charge in [0.1, 0.15) is 0 Å². The Morgan fingerprint density at radius 3 is 2.62 bits per heavy atom. The first-order valence-electron chi connectivity index (χ1n) is 10.2. The average molecular weight is 359 g/mol. The van der Waals surface area contributed by atoms with E-state index in [1.165, 1.54) is 24.0 Å². The van der Waals surface area contributed by atoms with Crippen molar-refractivity contribution < 1.29 is 4.74 Å². The SMILES string of the molecule is CCNC(=NCc1cccc(CN2CCOCC2)c1)N1CCC(C)CC1. The van der Waals surface area contributed by atoms with E-state index in [1.54, 1.807) is 0 Å². The third-order valence-electron chi connectivity index (χ3n) is 5.33. The highest BCUT2D eigenvalue weighted by molar-refractivity contribution is 5.80. The van der Waals surface area contributed by atoms with Crippen molar-refractivity contribution in [3.05, 3.63) is 35.4 Å². The fraction of sp³-hybridized carbons (Fsp3) is 0.667. The zero-order valence-corrected chi connectivity index (χ0v) is 16.4. The molecule has 0 spiro atoms. The van der Waals surface area contributed by atoms with Gasteiger partial charge in [0.25, 0.3) is 0 Å². The van der Waals surface area contributed by atoms with Gasteiger partial charge in [0.05, 0.1) is 19.8 Å². The van der Waals surface area contributed by atoms with Crippen LogP contribution in [0.15, 0.2) is 29.3 Å². The van der Waals surface area contributed by atoms with Crippen LogP contribution in [-0.4, -0.2) is 61.7 Å². The molecule has 2 aliphatic heterocycles. The minimum atomic E-state index is 0.741. The van der Waals surface area contributed by atoms with Crippen molar-refractivity contribution in [2.45, 2.75) is 39.8 Å². The summed E-state index contributed by atoms with van der Waals surface area (Å²) in [6.45, 7) is 13.1. The maximum absolute atomic E-state index is 5.44. The van der Waals surface area contributed by atoms with Gasteiger partial charge in [0.15, 0.2) is 5.96 Å². The summed E-state index contributed by atoms with van der Waals surface area (Å²) in [5, 5.41) is 3.47. The van der Waals surface area contributed by atoms with Gasteiger partial charge in [-0.15, -0.1) is 0 Å². The number of guanidine groups is 1. The van der Waals surface area contributed by atoms with Gasteiger partial charge in [0, 0.05) is 39.3 Å². The molecule has 1 N–H and O–H groups in total. The number of hydrogen-bond acceptors (Lipinski definition) is 3. The van der Waals surface area contributed by atoms with Crippen LogP contribution in [-0.2, 0) is 17.8 Å². The number of nitrogens with zero attached hydrogens (tertiary/aromatic N) is 3. The quantitative estimate of drug-likeness (QED) is 0.649. The van der Waals surface area contributed by atoms with Gasteiger partial charge >= 0.3 is 0 Å². The Hall–Kier alpha value is -1.59. The number of rotatable bonds is 5. The number of morpholine rings is 1. The molecule has 0 atom stereocenters. The number of benzene rings is 1. The molecule has 1 aromatic carbocycles. The molecule has 2 aliphatic rings. The van der Waals surface area contributed by atoms with E-state index in [4.69, 9.17) is 9.73 Å². The second kappa shape index (κ2) is 9.93. The van der Waals surface area contributed by atoms with Crippen molar-refractivity contribution >= 4 is 5.96 Å². The lowest BCUT2D eigenvalue weighted by atomic mass is 10.00. The lowest BCUT2D eigenvalue weighted by Gasteiger charge is -2.33. The zero-order chi connectivity index (χ0) is 18.2. The summed E-state index contributed by atoms with van der Waals surface area (Å²) in [6.07, 6.45) is 2.53. The standard InChI is InChI=1S/C21H34N4O/c1-3-22-21(25-9-7-18(2)8-10-25)23-16-19-5-4-6-20(15-19)17-24-11-13-26-14-12-24/h4-6,15,18H,3,7-14,16-17H2,1-2H3,(H,22,23). The van der Waals surface area contributed by atoms with Crippen molar-refractivity contribution in [3.8, 4) is 0 Å². The first-order chi connectivity index (χ1) is 12.7. The average Bonchev–Trinajstić information content (AvgIpc) is 2.67. The molecule has 144 valence electrons. The fourth-order valence-corrected chi connectivity index (χ4v) is 3.66. The smallest absolute Gasteiger partial charge is 0.194 e. The third kappa shape index (κ3) is 5.71. The number of likely N-dealkylation sites (tertiary alicyclic amines) is 1. The van der Waals surface area contributed by atoms with Gasteiger partial charge in [-0.3, -0.25) is 4.90 Å². The lowest BCUT2D eigenvalue weighted by Crippen LogP contribution is -2.45. The van der Waals surface area contributed by atoms with Gasteiger partial charge in [-0.25, -0.2) is 4.99 Å². The van der Waals surface area contributed by atoms with Gasteiger partial charge in [-0.1, -0.05) is 31.2 Å². The van der Waals surface area contributed by atoms with Gasteiger partial charge in [0.2, 0.25) is 0 Å². The number of hydrogen-bond donors (Lipinski definition) is 1. The molecule has 0 unspecified atom stereocenters. The maximum Gasteiger partial charge on any atom is 0.194 e.